The van der Waals surface area contributed by atoms with E-state index in [2.05, 4.69) is 0 Å². The highest BCUT2D eigenvalue weighted by Crippen LogP contribution is 2.32. The number of primary amides is 1. The summed E-state index contributed by atoms with van der Waals surface area (Å²) in [5.74, 6) is -0.411. The van der Waals surface area contributed by atoms with Gasteiger partial charge in [0.25, 0.3) is 5.91 Å². The van der Waals surface area contributed by atoms with Crippen LogP contribution in [0.25, 0.3) is 0 Å². The Hall–Kier alpha value is -2.08. The average molecular weight is 235 g/mol. The molecule has 0 saturated carbocycles. The van der Waals surface area contributed by atoms with Crippen molar-refractivity contribution < 1.29 is 14.3 Å². The molecule has 1 atom stereocenters. The highest BCUT2D eigenvalue weighted by Gasteiger charge is 2.31. The molecule has 1 aromatic rings. The molecule has 1 aromatic carbocycles. The summed E-state index contributed by atoms with van der Waals surface area (Å²) in [6.07, 6.45) is -0.833. The van der Waals surface area contributed by atoms with Crippen LogP contribution in [0.1, 0.15) is 0 Å². The third-order valence-electron chi connectivity index (χ3n) is 2.57. The summed E-state index contributed by atoms with van der Waals surface area (Å²) in [5.41, 5.74) is 11.1. The number of anilines is 1. The molecule has 0 aliphatic carbocycles. The number of carbonyl (C=O) groups excluding carboxylic acids is 2. The number of amides is 2. The maximum absolute atomic E-state index is 11.7. The van der Waals surface area contributed by atoms with Crippen LogP contribution < -0.4 is 21.1 Å². The molecule has 0 fully saturated rings. The maximum Gasteiger partial charge on any atom is 0.260 e. The molecular formula is C11H13N3O3. The predicted molar refractivity (Wildman–Crippen MR) is 61.5 cm³/mol. The number of fused-ring (bicyclic) bond motifs is 1. The zero-order valence-electron chi connectivity index (χ0n) is 9.13. The molecule has 90 valence electrons. The van der Waals surface area contributed by atoms with E-state index < -0.39 is 12.0 Å². The minimum Gasteiger partial charge on any atom is -0.477 e. The van der Waals surface area contributed by atoms with Crippen LogP contribution in [-0.2, 0) is 9.59 Å². The fourth-order valence-electron chi connectivity index (χ4n) is 1.73. The fourth-order valence-corrected chi connectivity index (χ4v) is 1.73. The number of para-hydroxylation sites is 2. The minimum absolute atomic E-state index is 0.0996. The number of benzene rings is 1. The molecule has 0 radical (unpaired) electrons. The lowest BCUT2D eigenvalue weighted by molar-refractivity contribution is -0.125. The lowest BCUT2D eigenvalue weighted by atomic mass is 10.2. The van der Waals surface area contributed by atoms with E-state index in [1.54, 1.807) is 24.3 Å². The summed E-state index contributed by atoms with van der Waals surface area (Å²) in [4.78, 5) is 24.3. The standard InChI is InChI=1S/C11H13N3O3/c12-5-10(15)14-6-9(11(13)16)17-8-4-2-1-3-7(8)14/h1-4,9H,5-6,12H2,(H2,13,16). The predicted octanol–water partition coefficient (Wildman–Crippen LogP) is -0.775. The first-order valence-electron chi connectivity index (χ1n) is 5.19. The van der Waals surface area contributed by atoms with Crippen molar-refractivity contribution in [3.63, 3.8) is 0 Å². The molecule has 1 aliphatic rings. The summed E-state index contributed by atoms with van der Waals surface area (Å²) < 4.78 is 5.41. The smallest absolute Gasteiger partial charge is 0.260 e. The fraction of sp³-hybridized carbons (Fsp3) is 0.273. The van der Waals surface area contributed by atoms with Crippen molar-refractivity contribution in [2.24, 2.45) is 11.5 Å². The summed E-state index contributed by atoms with van der Waals surface area (Å²) in [6, 6.07) is 6.96. The van der Waals surface area contributed by atoms with Crippen LogP contribution in [-0.4, -0.2) is 31.0 Å². The van der Waals surface area contributed by atoms with Crippen LogP contribution in [0.4, 0.5) is 5.69 Å². The van der Waals surface area contributed by atoms with Crippen molar-refractivity contribution >= 4 is 17.5 Å². The monoisotopic (exact) mass is 235 g/mol. The summed E-state index contributed by atoms with van der Waals surface area (Å²) in [6.45, 7) is -0.0256. The van der Waals surface area contributed by atoms with Gasteiger partial charge in [-0.25, -0.2) is 0 Å². The van der Waals surface area contributed by atoms with Gasteiger partial charge in [0, 0.05) is 0 Å². The molecule has 1 heterocycles. The third-order valence-corrected chi connectivity index (χ3v) is 2.57. The first-order valence-corrected chi connectivity index (χ1v) is 5.19. The van der Waals surface area contributed by atoms with Gasteiger partial charge in [0.2, 0.25) is 5.91 Å². The quantitative estimate of drug-likeness (QED) is 0.702. The molecule has 6 heteroatoms. The molecule has 1 aliphatic heterocycles. The largest absolute Gasteiger partial charge is 0.477 e. The zero-order chi connectivity index (χ0) is 12.4. The molecule has 0 saturated heterocycles. The highest BCUT2D eigenvalue weighted by molar-refractivity contribution is 5.98. The third kappa shape index (κ3) is 2.07. The molecule has 6 nitrogen and oxygen atoms in total. The molecule has 2 amide bonds. The Morgan fingerprint density at radius 1 is 1.41 bits per heavy atom. The van der Waals surface area contributed by atoms with Crippen molar-refractivity contribution in [3.8, 4) is 5.75 Å². The van der Waals surface area contributed by atoms with E-state index in [1.165, 1.54) is 4.90 Å². The van der Waals surface area contributed by atoms with Crippen molar-refractivity contribution in [1.82, 2.24) is 0 Å². The molecule has 0 bridgehead atoms. The van der Waals surface area contributed by atoms with Crippen LogP contribution >= 0.6 is 0 Å². The van der Waals surface area contributed by atoms with Gasteiger partial charge in [0.1, 0.15) is 5.75 Å². The van der Waals surface area contributed by atoms with Gasteiger partial charge >= 0.3 is 0 Å². The summed E-state index contributed by atoms with van der Waals surface area (Å²) >= 11 is 0. The van der Waals surface area contributed by atoms with Crippen LogP contribution in [0.2, 0.25) is 0 Å². The number of rotatable bonds is 2. The Balaban J connectivity index is 2.39. The van der Waals surface area contributed by atoms with Crippen molar-refractivity contribution in [2.45, 2.75) is 6.10 Å². The van der Waals surface area contributed by atoms with Crippen LogP contribution in [0, 0.1) is 0 Å². The van der Waals surface area contributed by atoms with Gasteiger partial charge < -0.3 is 21.1 Å². The number of nitrogens with two attached hydrogens (primary N) is 2. The van der Waals surface area contributed by atoms with Gasteiger partial charge in [0.15, 0.2) is 6.10 Å². The Morgan fingerprint density at radius 2 is 2.12 bits per heavy atom. The molecule has 4 N–H and O–H groups in total. The van der Waals surface area contributed by atoms with Crippen LogP contribution in [0.15, 0.2) is 24.3 Å². The highest BCUT2D eigenvalue weighted by atomic mass is 16.5. The van der Waals surface area contributed by atoms with Crippen LogP contribution in [0.5, 0.6) is 5.75 Å². The summed E-state index contributed by atoms with van der Waals surface area (Å²) in [7, 11) is 0. The van der Waals surface area contributed by atoms with Crippen molar-refractivity contribution in [3.05, 3.63) is 24.3 Å². The summed E-state index contributed by atoms with van der Waals surface area (Å²) in [5, 5.41) is 0. The lowest BCUT2D eigenvalue weighted by Gasteiger charge is -2.33. The van der Waals surface area contributed by atoms with E-state index in [-0.39, 0.29) is 19.0 Å². The lowest BCUT2D eigenvalue weighted by Crippen LogP contribution is -2.50. The topological polar surface area (TPSA) is 98.7 Å². The molecule has 0 aromatic heterocycles. The zero-order valence-corrected chi connectivity index (χ0v) is 9.13. The van der Waals surface area contributed by atoms with Gasteiger partial charge in [-0.3, -0.25) is 9.59 Å². The Morgan fingerprint density at radius 3 is 2.76 bits per heavy atom. The maximum atomic E-state index is 11.7. The van der Waals surface area contributed by atoms with Gasteiger partial charge in [-0.05, 0) is 12.1 Å². The van der Waals surface area contributed by atoms with E-state index in [1.807, 2.05) is 0 Å². The van der Waals surface area contributed by atoms with Gasteiger partial charge in [-0.15, -0.1) is 0 Å². The second-order valence-corrected chi connectivity index (χ2v) is 3.69. The molecular weight excluding hydrogens is 222 g/mol. The van der Waals surface area contributed by atoms with Gasteiger partial charge in [-0.2, -0.15) is 0 Å². The van der Waals surface area contributed by atoms with E-state index in [0.29, 0.717) is 11.4 Å². The van der Waals surface area contributed by atoms with Gasteiger partial charge in [-0.1, -0.05) is 12.1 Å². The first-order chi connectivity index (χ1) is 8.13. The second-order valence-electron chi connectivity index (χ2n) is 3.69. The normalized spacial score (nSPS) is 18.2. The van der Waals surface area contributed by atoms with Gasteiger partial charge in [0.05, 0.1) is 18.8 Å². The second kappa shape index (κ2) is 4.42. The molecule has 0 spiro atoms. The van der Waals surface area contributed by atoms with E-state index >= 15 is 0 Å². The molecule has 2 rings (SSSR count). The van der Waals surface area contributed by atoms with Crippen molar-refractivity contribution in [1.29, 1.82) is 0 Å². The SMILES string of the molecule is NCC(=O)N1CC(C(N)=O)Oc2ccccc21. The molecule has 1 unspecified atom stereocenters. The number of hydrogen-bond donors (Lipinski definition) is 2. The van der Waals surface area contributed by atoms with E-state index in [0.717, 1.165) is 0 Å². The van der Waals surface area contributed by atoms with Crippen LogP contribution in [0.3, 0.4) is 0 Å². The van der Waals surface area contributed by atoms with Crippen molar-refractivity contribution in [2.75, 3.05) is 18.0 Å². The first kappa shape index (κ1) is 11.4. The minimum atomic E-state index is -0.833. The number of hydrogen-bond acceptors (Lipinski definition) is 4. The Bertz CT molecular complexity index is 461. The Labute approximate surface area is 98.1 Å². The Kier molecular flexibility index (Phi) is 2.97. The molecule has 17 heavy (non-hydrogen) atoms. The van der Waals surface area contributed by atoms with E-state index in [9.17, 15) is 9.59 Å². The average Bonchev–Trinajstić information content (AvgIpc) is 2.36. The van der Waals surface area contributed by atoms with E-state index in [4.69, 9.17) is 16.2 Å². The number of carbonyl (C=O) groups is 2. The number of nitrogens with zero attached hydrogens (tertiary/aromatic N) is 1. The number of ether oxygens (including phenoxy) is 1.